The summed E-state index contributed by atoms with van der Waals surface area (Å²) in [7, 11) is 0. The van der Waals surface area contributed by atoms with Crippen molar-refractivity contribution in [1.82, 2.24) is 15.1 Å². The van der Waals surface area contributed by atoms with Crippen molar-refractivity contribution in [3.8, 4) is 0 Å². The van der Waals surface area contributed by atoms with Crippen LogP contribution >= 0.6 is 0 Å². The maximum absolute atomic E-state index is 10.4. The molecule has 1 aromatic rings. The Kier molecular flexibility index (Phi) is 5.69. The lowest BCUT2D eigenvalue weighted by Crippen LogP contribution is -2.33. The van der Waals surface area contributed by atoms with Gasteiger partial charge in [0.2, 0.25) is 0 Å². The normalized spacial score (nSPS) is 14.4. The van der Waals surface area contributed by atoms with Gasteiger partial charge in [0.1, 0.15) is 12.4 Å². The minimum absolute atomic E-state index is 0.0917. The molecular formula is C10H18N4O4. The fourth-order valence-corrected chi connectivity index (χ4v) is 1.39. The van der Waals surface area contributed by atoms with Crippen LogP contribution in [0.15, 0.2) is 12.4 Å². The van der Waals surface area contributed by atoms with Gasteiger partial charge in [0.15, 0.2) is 0 Å². The van der Waals surface area contributed by atoms with Gasteiger partial charge in [0.25, 0.3) is 0 Å². The van der Waals surface area contributed by atoms with Gasteiger partial charge in [-0.3, -0.25) is 14.8 Å². The van der Waals surface area contributed by atoms with Crippen LogP contribution in [0.3, 0.4) is 0 Å². The molecule has 1 aromatic heterocycles. The van der Waals surface area contributed by atoms with E-state index in [4.69, 9.17) is 5.11 Å². The fourth-order valence-electron chi connectivity index (χ4n) is 1.39. The third kappa shape index (κ3) is 4.78. The zero-order valence-electron chi connectivity index (χ0n) is 10.2. The standard InChI is InChI=1S/C10H18N4O4/c1-8(7-15)2-11-4-10(16)6-13-5-9(3-12-13)14(17)18/h3,5,8,10-11,15-16H,2,4,6-7H2,1H3. The Hall–Kier alpha value is -1.51. The molecule has 0 bridgehead atoms. The van der Waals surface area contributed by atoms with Crippen LogP contribution < -0.4 is 5.32 Å². The van der Waals surface area contributed by atoms with Crippen molar-refractivity contribution < 1.29 is 15.1 Å². The zero-order chi connectivity index (χ0) is 13.5. The molecule has 0 amide bonds. The van der Waals surface area contributed by atoms with Crippen LogP contribution in [0.4, 0.5) is 5.69 Å². The van der Waals surface area contributed by atoms with Crippen LogP contribution in [-0.4, -0.2) is 50.7 Å². The molecular weight excluding hydrogens is 240 g/mol. The van der Waals surface area contributed by atoms with E-state index in [-0.39, 0.29) is 24.8 Å². The Labute approximate surface area is 104 Å². The molecule has 0 fully saturated rings. The van der Waals surface area contributed by atoms with Gasteiger partial charge in [0, 0.05) is 13.2 Å². The third-order valence-corrected chi connectivity index (χ3v) is 2.41. The molecule has 0 aliphatic carbocycles. The molecule has 8 nitrogen and oxygen atoms in total. The zero-order valence-corrected chi connectivity index (χ0v) is 10.2. The summed E-state index contributed by atoms with van der Waals surface area (Å²) in [6.45, 7) is 3.11. The first-order chi connectivity index (χ1) is 8.52. The monoisotopic (exact) mass is 258 g/mol. The SMILES string of the molecule is CC(CO)CNCC(O)Cn1cc([N+](=O)[O-])cn1. The number of aliphatic hydroxyl groups excluding tert-OH is 2. The first-order valence-electron chi connectivity index (χ1n) is 5.69. The van der Waals surface area contributed by atoms with Crippen LogP contribution in [0.5, 0.6) is 0 Å². The molecule has 0 saturated heterocycles. The number of nitrogens with one attached hydrogen (secondary N) is 1. The third-order valence-electron chi connectivity index (χ3n) is 2.41. The maximum Gasteiger partial charge on any atom is 0.306 e. The molecule has 0 aliphatic heterocycles. The second-order valence-electron chi connectivity index (χ2n) is 4.28. The van der Waals surface area contributed by atoms with E-state index in [2.05, 4.69) is 10.4 Å². The quantitative estimate of drug-likeness (QED) is 0.422. The van der Waals surface area contributed by atoms with Crippen molar-refractivity contribution in [3.05, 3.63) is 22.5 Å². The lowest BCUT2D eigenvalue weighted by molar-refractivity contribution is -0.385. The van der Waals surface area contributed by atoms with Gasteiger partial charge in [-0.2, -0.15) is 5.10 Å². The molecule has 8 heteroatoms. The van der Waals surface area contributed by atoms with E-state index in [1.165, 1.54) is 10.9 Å². The van der Waals surface area contributed by atoms with Gasteiger partial charge in [-0.1, -0.05) is 6.92 Å². The van der Waals surface area contributed by atoms with Crippen LogP contribution in [0.2, 0.25) is 0 Å². The second kappa shape index (κ2) is 7.04. The van der Waals surface area contributed by atoms with Crippen LogP contribution in [-0.2, 0) is 6.54 Å². The summed E-state index contributed by atoms with van der Waals surface area (Å²) in [5.74, 6) is 0.128. The van der Waals surface area contributed by atoms with Crippen molar-refractivity contribution in [3.63, 3.8) is 0 Å². The number of aliphatic hydroxyl groups is 2. The lowest BCUT2D eigenvalue weighted by Gasteiger charge is -2.13. The summed E-state index contributed by atoms with van der Waals surface area (Å²) in [5, 5.41) is 35.7. The molecule has 2 atom stereocenters. The summed E-state index contributed by atoms with van der Waals surface area (Å²) in [5.41, 5.74) is -0.0935. The van der Waals surface area contributed by atoms with Gasteiger partial charge in [-0.15, -0.1) is 0 Å². The Balaban J connectivity index is 2.30. The van der Waals surface area contributed by atoms with E-state index in [0.29, 0.717) is 13.1 Å². The van der Waals surface area contributed by atoms with Crippen molar-refractivity contribution >= 4 is 5.69 Å². The molecule has 18 heavy (non-hydrogen) atoms. The Morgan fingerprint density at radius 1 is 1.61 bits per heavy atom. The Morgan fingerprint density at radius 3 is 2.89 bits per heavy atom. The van der Waals surface area contributed by atoms with E-state index >= 15 is 0 Å². The number of hydrogen-bond acceptors (Lipinski definition) is 6. The minimum atomic E-state index is -0.685. The molecule has 1 rings (SSSR count). The number of hydrogen-bond donors (Lipinski definition) is 3. The first kappa shape index (κ1) is 14.6. The van der Waals surface area contributed by atoms with Crippen LogP contribution in [0.1, 0.15) is 6.92 Å². The van der Waals surface area contributed by atoms with E-state index < -0.39 is 11.0 Å². The van der Waals surface area contributed by atoms with Gasteiger partial charge in [-0.25, -0.2) is 0 Å². The molecule has 0 aliphatic rings. The van der Waals surface area contributed by atoms with Crippen molar-refractivity contribution in [2.75, 3.05) is 19.7 Å². The van der Waals surface area contributed by atoms with Gasteiger partial charge >= 0.3 is 5.69 Å². The van der Waals surface area contributed by atoms with Crippen molar-refractivity contribution in [1.29, 1.82) is 0 Å². The molecule has 0 saturated carbocycles. The minimum Gasteiger partial charge on any atom is -0.396 e. The number of nitro groups is 1. The highest BCUT2D eigenvalue weighted by Crippen LogP contribution is 2.07. The van der Waals surface area contributed by atoms with E-state index in [1.807, 2.05) is 6.92 Å². The second-order valence-corrected chi connectivity index (χ2v) is 4.28. The van der Waals surface area contributed by atoms with E-state index in [9.17, 15) is 15.2 Å². The molecule has 102 valence electrons. The molecule has 0 spiro atoms. The highest BCUT2D eigenvalue weighted by atomic mass is 16.6. The van der Waals surface area contributed by atoms with Gasteiger partial charge in [0.05, 0.1) is 17.6 Å². The Bertz CT molecular complexity index is 382. The highest BCUT2D eigenvalue weighted by molar-refractivity contribution is 5.20. The summed E-state index contributed by atoms with van der Waals surface area (Å²) >= 11 is 0. The smallest absolute Gasteiger partial charge is 0.306 e. The molecule has 3 N–H and O–H groups in total. The average molecular weight is 258 g/mol. The fraction of sp³-hybridized carbons (Fsp3) is 0.700. The average Bonchev–Trinajstić information content (AvgIpc) is 2.77. The number of aromatic nitrogens is 2. The van der Waals surface area contributed by atoms with E-state index in [1.54, 1.807) is 0 Å². The largest absolute Gasteiger partial charge is 0.396 e. The maximum atomic E-state index is 10.4. The topological polar surface area (TPSA) is 113 Å². The molecule has 0 radical (unpaired) electrons. The first-order valence-corrected chi connectivity index (χ1v) is 5.69. The van der Waals surface area contributed by atoms with Crippen molar-refractivity contribution in [2.24, 2.45) is 5.92 Å². The molecule has 2 unspecified atom stereocenters. The summed E-state index contributed by atoms with van der Waals surface area (Å²) in [6, 6.07) is 0. The highest BCUT2D eigenvalue weighted by Gasteiger charge is 2.11. The van der Waals surface area contributed by atoms with Crippen LogP contribution in [0, 0.1) is 16.0 Å². The molecule has 0 aromatic carbocycles. The lowest BCUT2D eigenvalue weighted by atomic mass is 10.2. The Morgan fingerprint density at radius 2 is 2.33 bits per heavy atom. The predicted molar refractivity (Wildman–Crippen MR) is 64.0 cm³/mol. The van der Waals surface area contributed by atoms with Gasteiger partial charge in [-0.05, 0) is 12.5 Å². The number of rotatable bonds is 8. The molecule has 1 heterocycles. The van der Waals surface area contributed by atoms with Crippen molar-refractivity contribution in [2.45, 2.75) is 19.6 Å². The van der Waals surface area contributed by atoms with Gasteiger partial charge < -0.3 is 15.5 Å². The summed E-state index contributed by atoms with van der Waals surface area (Å²) < 4.78 is 1.33. The van der Waals surface area contributed by atoms with E-state index in [0.717, 1.165) is 6.20 Å². The predicted octanol–water partition coefficient (Wildman–Crippen LogP) is -0.630. The summed E-state index contributed by atoms with van der Waals surface area (Å²) in [4.78, 5) is 9.90. The summed E-state index contributed by atoms with van der Waals surface area (Å²) in [6.07, 6.45) is 1.74. The van der Waals surface area contributed by atoms with Crippen LogP contribution in [0.25, 0.3) is 0 Å². The number of nitrogens with zero attached hydrogens (tertiary/aromatic N) is 3.